The molecule has 2 rings (SSSR count). The molecule has 0 spiro atoms. The average molecular weight is 365 g/mol. The largest absolute Gasteiger partial charge is 0.477 e. The summed E-state index contributed by atoms with van der Waals surface area (Å²) in [6, 6.07) is -0.102. The van der Waals surface area contributed by atoms with Crippen LogP contribution >= 0.6 is 0 Å². The summed E-state index contributed by atoms with van der Waals surface area (Å²) < 4.78 is 5.38. The van der Waals surface area contributed by atoms with E-state index in [-0.39, 0.29) is 23.5 Å². The maximum Gasteiger partial charge on any atom is 0.410 e. The molecule has 1 aliphatic rings. The van der Waals surface area contributed by atoms with Crippen LogP contribution in [-0.2, 0) is 4.74 Å². The molecule has 1 fully saturated rings. The molecule has 1 aromatic heterocycles. The Morgan fingerprint density at radius 3 is 2.77 bits per heavy atom. The fraction of sp³-hybridized carbons (Fsp3) is 0.647. The van der Waals surface area contributed by atoms with Crippen LogP contribution in [0.1, 0.15) is 50.9 Å². The minimum atomic E-state index is -1.10. The molecule has 0 saturated carbocycles. The third-order valence-corrected chi connectivity index (χ3v) is 3.73. The van der Waals surface area contributed by atoms with E-state index < -0.39 is 11.6 Å². The summed E-state index contributed by atoms with van der Waals surface area (Å²) in [6.07, 6.45) is 2.50. The summed E-state index contributed by atoms with van der Waals surface area (Å²) in [5.41, 5.74) is -0.547. The Morgan fingerprint density at radius 2 is 2.15 bits per heavy atom. The highest BCUT2D eigenvalue weighted by atomic mass is 16.6. The van der Waals surface area contributed by atoms with Crippen molar-refractivity contribution in [2.24, 2.45) is 0 Å². The number of carbonyl (C=O) groups is 2. The molecule has 1 aromatic rings. The van der Waals surface area contributed by atoms with Crippen molar-refractivity contribution in [2.75, 3.05) is 30.3 Å². The third-order valence-electron chi connectivity index (χ3n) is 3.73. The van der Waals surface area contributed by atoms with E-state index in [1.54, 1.807) is 4.90 Å². The van der Waals surface area contributed by atoms with Gasteiger partial charge in [0.05, 0.1) is 0 Å². The van der Waals surface area contributed by atoms with Crippen molar-refractivity contribution in [1.82, 2.24) is 14.9 Å². The fourth-order valence-electron chi connectivity index (χ4n) is 2.53. The van der Waals surface area contributed by atoms with Crippen molar-refractivity contribution in [3.63, 3.8) is 0 Å². The molecule has 0 aliphatic carbocycles. The number of carbonyl (C=O) groups excluding carboxylic acids is 1. The number of aromatic carboxylic acids is 1. The maximum absolute atomic E-state index is 12.2. The van der Waals surface area contributed by atoms with Crippen molar-refractivity contribution in [1.29, 1.82) is 0 Å². The first-order valence-corrected chi connectivity index (χ1v) is 8.78. The highest BCUT2D eigenvalue weighted by Gasteiger charge is 2.30. The Morgan fingerprint density at radius 1 is 1.42 bits per heavy atom. The van der Waals surface area contributed by atoms with Crippen molar-refractivity contribution >= 4 is 23.8 Å². The first-order valence-electron chi connectivity index (χ1n) is 8.78. The van der Waals surface area contributed by atoms with E-state index in [2.05, 4.69) is 20.6 Å². The van der Waals surface area contributed by atoms with Gasteiger partial charge in [-0.2, -0.15) is 4.98 Å². The number of likely N-dealkylation sites (tertiary alicyclic amines) is 1. The highest BCUT2D eigenvalue weighted by Crippen LogP contribution is 2.21. The van der Waals surface area contributed by atoms with Gasteiger partial charge in [0, 0.05) is 31.9 Å². The monoisotopic (exact) mass is 365 g/mol. The number of carboxylic acids is 1. The summed E-state index contributed by atoms with van der Waals surface area (Å²) in [7, 11) is 0. The van der Waals surface area contributed by atoms with Gasteiger partial charge in [0.15, 0.2) is 0 Å². The number of aromatic nitrogens is 2. The highest BCUT2D eigenvalue weighted by molar-refractivity contribution is 5.93. The number of hydrogen-bond donors (Lipinski definition) is 3. The van der Waals surface area contributed by atoms with Gasteiger partial charge in [0.25, 0.3) is 0 Å². The van der Waals surface area contributed by atoms with E-state index in [1.165, 1.54) is 6.20 Å². The molecule has 0 bridgehead atoms. The molecular formula is C17H27N5O4. The van der Waals surface area contributed by atoms with Gasteiger partial charge in [-0.25, -0.2) is 14.6 Å². The number of carboxylic acid groups (broad SMARTS) is 1. The molecule has 2 heterocycles. The Hall–Kier alpha value is -2.58. The van der Waals surface area contributed by atoms with Crippen molar-refractivity contribution in [2.45, 2.75) is 52.2 Å². The van der Waals surface area contributed by atoms with Crippen LogP contribution in [0.3, 0.4) is 0 Å². The number of nitrogens with zero attached hydrogens (tertiary/aromatic N) is 3. The molecule has 1 atom stereocenters. The van der Waals surface area contributed by atoms with Crippen LogP contribution in [0.4, 0.5) is 16.6 Å². The lowest BCUT2D eigenvalue weighted by Crippen LogP contribution is -2.36. The van der Waals surface area contributed by atoms with Gasteiger partial charge in [0.1, 0.15) is 17.0 Å². The Kier molecular flexibility index (Phi) is 6.23. The molecule has 26 heavy (non-hydrogen) atoms. The second-order valence-corrected chi connectivity index (χ2v) is 7.24. The smallest absolute Gasteiger partial charge is 0.410 e. The van der Waals surface area contributed by atoms with Gasteiger partial charge in [-0.1, -0.05) is 6.92 Å². The lowest BCUT2D eigenvalue weighted by Gasteiger charge is -2.24. The lowest BCUT2D eigenvalue weighted by atomic mass is 10.2. The van der Waals surface area contributed by atoms with Gasteiger partial charge >= 0.3 is 12.1 Å². The van der Waals surface area contributed by atoms with Gasteiger partial charge in [0.2, 0.25) is 5.95 Å². The first-order chi connectivity index (χ1) is 12.2. The van der Waals surface area contributed by atoms with E-state index in [4.69, 9.17) is 4.74 Å². The molecule has 1 amide bonds. The minimum Gasteiger partial charge on any atom is -0.477 e. The predicted octanol–water partition coefficient (Wildman–Crippen LogP) is 2.42. The lowest BCUT2D eigenvalue weighted by molar-refractivity contribution is 0.0293. The molecule has 9 heteroatoms. The van der Waals surface area contributed by atoms with Gasteiger partial charge in [-0.05, 0) is 33.6 Å². The zero-order valence-corrected chi connectivity index (χ0v) is 15.7. The van der Waals surface area contributed by atoms with Crippen LogP contribution in [0, 0.1) is 0 Å². The number of ether oxygens (including phenoxy) is 1. The maximum atomic E-state index is 12.2. The first kappa shape index (κ1) is 19.7. The van der Waals surface area contributed by atoms with Crippen molar-refractivity contribution < 1.29 is 19.4 Å². The molecular weight excluding hydrogens is 338 g/mol. The Balaban J connectivity index is 2.05. The molecule has 144 valence electrons. The number of anilines is 2. The van der Waals surface area contributed by atoms with E-state index in [1.807, 2.05) is 27.7 Å². The topological polar surface area (TPSA) is 117 Å². The summed E-state index contributed by atoms with van der Waals surface area (Å²) in [5, 5.41) is 15.5. The van der Waals surface area contributed by atoms with Crippen LogP contribution < -0.4 is 10.6 Å². The summed E-state index contributed by atoms with van der Waals surface area (Å²) in [4.78, 5) is 33.5. The normalized spacial score (nSPS) is 17.1. The van der Waals surface area contributed by atoms with Crippen molar-refractivity contribution in [3.8, 4) is 0 Å². The molecule has 9 nitrogen and oxygen atoms in total. The van der Waals surface area contributed by atoms with E-state index in [9.17, 15) is 14.7 Å². The van der Waals surface area contributed by atoms with Crippen LogP contribution in [0.2, 0.25) is 0 Å². The third kappa shape index (κ3) is 5.47. The van der Waals surface area contributed by atoms with E-state index in [0.717, 1.165) is 6.42 Å². The molecule has 0 aromatic carbocycles. The number of rotatable bonds is 6. The van der Waals surface area contributed by atoms with Crippen molar-refractivity contribution in [3.05, 3.63) is 11.8 Å². The zero-order chi connectivity index (χ0) is 19.3. The summed E-state index contributed by atoms with van der Waals surface area (Å²) in [6.45, 7) is 9.14. The van der Waals surface area contributed by atoms with E-state index in [0.29, 0.717) is 32.0 Å². The fourth-order valence-corrected chi connectivity index (χ4v) is 2.53. The predicted molar refractivity (Wildman–Crippen MR) is 97.6 cm³/mol. The Bertz CT molecular complexity index is 659. The molecule has 1 saturated heterocycles. The van der Waals surface area contributed by atoms with E-state index >= 15 is 0 Å². The van der Waals surface area contributed by atoms with Crippen LogP contribution in [0.5, 0.6) is 0 Å². The molecule has 0 radical (unpaired) electrons. The second kappa shape index (κ2) is 8.20. The number of nitrogens with one attached hydrogen (secondary N) is 2. The molecule has 3 N–H and O–H groups in total. The summed E-state index contributed by atoms with van der Waals surface area (Å²) >= 11 is 0. The van der Waals surface area contributed by atoms with Gasteiger partial charge < -0.3 is 25.4 Å². The SMILES string of the molecule is CCCNc1ncc(C(=O)O)c(N[C@H]2CCN(C(=O)OC(C)(C)C)C2)n1. The van der Waals surface area contributed by atoms with Gasteiger partial charge in [-0.3, -0.25) is 0 Å². The standard InChI is InChI=1S/C17H27N5O4/c1-5-7-18-15-19-9-12(14(23)24)13(21-15)20-11-6-8-22(10-11)16(25)26-17(2,3)4/h9,11H,5-8,10H2,1-4H3,(H,23,24)(H2,18,19,20,21)/t11-/m0/s1. The quantitative estimate of drug-likeness (QED) is 0.704. The van der Waals surface area contributed by atoms with Crippen LogP contribution in [-0.4, -0.2) is 63.3 Å². The van der Waals surface area contributed by atoms with Crippen LogP contribution in [0.15, 0.2) is 6.20 Å². The Labute approximate surface area is 153 Å². The minimum absolute atomic E-state index is 0.00256. The number of amides is 1. The van der Waals surface area contributed by atoms with Crippen LogP contribution in [0.25, 0.3) is 0 Å². The number of hydrogen-bond acceptors (Lipinski definition) is 7. The average Bonchev–Trinajstić information content (AvgIpc) is 3.00. The summed E-state index contributed by atoms with van der Waals surface area (Å²) in [5.74, 6) is -0.472. The second-order valence-electron chi connectivity index (χ2n) is 7.24. The van der Waals surface area contributed by atoms with Gasteiger partial charge in [-0.15, -0.1) is 0 Å². The zero-order valence-electron chi connectivity index (χ0n) is 15.7. The molecule has 0 unspecified atom stereocenters. The molecule has 1 aliphatic heterocycles.